The molecule has 1 fully saturated rings. The zero-order valence-corrected chi connectivity index (χ0v) is 15.1. The van der Waals surface area contributed by atoms with E-state index in [0.29, 0.717) is 12.2 Å². The number of hydrogen-bond acceptors (Lipinski definition) is 5. The molecular formula is C16H25N3O3S. The Bertz CT molecular complexity index is 565. The third-order valence-corrected chi connectivity index (χ3v) is 4.72. The highest BCUT2D eigenvalue weighted by molar-refractivity contribution is 8.00. The predicted octanol–water partition coefficient (Wildman–Crippen LogP) is 2.38. The Balaban J connectivity index is 1.83. The van der Waals surface area contributed by atoms with Crippen molar-refractivity contribution in [2.75, 3.05) is 17.2 Å². The van der Waals surface area contributed by atoms with E-state index in [9.17, 15) is 9.59 Å². The average molecular weight is 339 g/mol. The molecule has 7 heteroatoms. The van der Waals surface area contributed by atoms with Gasteiger partial charge in [-0.3, -0.25) is 14.3 Å². The van der Waals surface area contributed by atoms with E-state index in [4.69, 9.17) is 4.74 Å². The number of ether oxygens (including phenoxy) is 1. The Morgan fingerprint density at radius 2 is 2.22 bits per heavy atom. The van der Waals surface area contributed by atoms with Crippen molar-refractivity contribution in [1.29, 1.82) is 0 Å². The highest BCUT2D eigenvalue weighted by Gasteiger charge is 2.30. The summed E-state index contributed by atoms with van der Waals surface area (Å²) in [4.78, 5) is 26.1. The standard InChI is InChI=1S/C16H25N3O3S/c1-16(2,3)22-14(20)7-9-23-13-6-5-8-19(15(13)21)12-10-17-18(4)11-12/h10-11,13H,5-9H2,1-4H3. The number of aryl methyl sites for hydroxylation is 1. The molecule has 1 atom stereocenters. The first-order chi connectivity index (χ1) is 10.8. The minimum Gasteiger partial charge on any atom is -0.460 e. The molecule has 0 N–H and O–H groups in total. The van der Waals surface area contributed by atoms with Crippen molar-refractivity contribution in [3.63, 3.8) is 0 Å². The summed E-state index contributed by atoms with van der Waals surface area (Å²) >= 11 is 1.55. The number of carbonyl (C=O) groups is 2. The van der Waals surface area contributed by atoms with Gasteiger partial charge >= 0.3 is 5.97 Å². The van der Waals surface area contributed by atoms with E-state index in [1.54, 1.807) is 27.5 Å². The second-order valence-corrected chi connectivity index (χ2v) is 8.01. The Kier molecular flexibility index (Phi) is 5.73. The van der Waals surface area contributed by atoms with Crippen LogP contribution in [0.25, 0.3) is 0 Å². The van der Waals surface area contributed by atoms with E-state index in [1.165, 1.54) is 0 Å². The molecule has 0 spiro atoms. The van der Waals surface area contributed by atoms with Crippen LogP contribution in [0.3, 0.4) is 0 Å². The van der Waals surface area contributed by atoms with Crippen molar-refractivity contribution in [2.24, 2.45) is 7.05 Å². The van der Waals surface area contributed by atoms with Crippen LogP contribution in [0.2, 0.25) is 0 Å². The molecule has 0 bridgehead atoms. The van der Waals surface area contributed by atoms with Gasteiger partial charge < -0.3 is 9.64 Å². The molecular weight excluding hydrogens is 314 g/mol. The number of aromatic nitrogens is 2. The van der Waals surface area contributed by atoms with E-state index in [0.717, 1.165) is 25.1 Å². The molecule has 1 saturated heterocycles. The molecule has 2 heterocycles. The minimum absolute atomic E-state index is 0.0913. The summed E-state index contributed by atoms with van der Waals surface area (Å²) in [5.41, 5.74) is 0.384. The second kappa shape index (κ2) is 7.38. The van der Waals surface area contributed by atoms with Crippen molar-refractivity contribution < 1.29 is 14.3 Å². The number of rotatable bonds is 5. The summed E-state index contributed by atoms with van der Waals surface area (Å²) in [5, 5.41) is 4.03. The summed E-state index contributed by atoms with van der Waals surface area (Å²) in [6, 6.07) is 0. The molecule has 1 aromatic heterocycles. The lowest BCUT2D eigenvalue weighted by Gasteiger charge is -2.31. The Hall–Kier alpha value is -1.50. The van der Waals surface area contributed by atoms with Crippen LogP contribution in [0.15, 0.2) is 12.4 Å². The Morgan fingerprint density at radius 1 is 1.48 bits per heavy atom. The number of carbonyl (C=O) groups excluding carboxylic acids is 2. The molecule has 23 heavy (non-hydrogen) atoms. The van der Waals surface area contributed by atoms with Gasteiger partial charge in [-0.25, -0.2) is 0 Å². The van der Waals surface area contributed by atoms with Gasteiger partial charge in [-0.1, -0.05) is 0 Å². The topological polar surface area (TPSA) is 64.4 Å². The first-order valence-electron chi connectivity index (χ1n) is 7.90. The molecule has 1 aromatic rings. The van der Waals surface area contributed by atoms with Crippen LogP contribution in [0.1, 0.15) is 40.0 Å². The number of anilines is 1. The monoisotopic (exact) mass is 339 g/mol. The van der Waals surface area contributed by atoms with Gasteiger partial charge in [0.15, 0.2) is 0 Å². The van der Waals surface area contributed by atoms with Crippen LogP contribution < -0.4 is 4.90 Å². The van der Waals surface area contributed by atoms with Crippen LogP contribution in [0.5, 0.6) is 0 Å². The highest BCUT2D eigenvalue weighted by Crippen LogP contribution is 2.28. The van der Waals surface area contributed by atoms with Gasteiger partial charge in [0.25, 0.3) is 0 Å². The summed E-state index contributed by atoms with van der Waals surface area (Å²) in [7, 11) is 1.84. The summed E-state index contributed by atoms with van der Waals surface area (Å²) < 4.78 is 6.98. The maximum atomic E-state index is 12.6. The number of esters is 1. The first-order valence-corrected chi connectivity index (χ1v) is 8.94. The van der Waals surface area contributed by atoms with Gasteiger partial charge in [-0.2, -0.15) is 5.10 Å². The third-order valence-electron chi connectivity index (χ3n) is 3.44. The van der Waals surface area contributed by atoms with Crippen LogP contribution in [-0.2, 0) is 21.4 Å². The maximum Gasteiger partial charge on any atom is 0.307 e. The van der Waals surface area contributed by atoms with Gasteiger partial charge in [-0.15, -0.1) is 11.8 Å². The van der Waals surface area contributed by atoms with Crippen LogP contribution >= 0.6 is 11.8 Å². The van der Waals surface area contributed by atoms with Gasteiger partial charge in [0, 0.05) is 25.5 Å². The lowest BCUT2D eigenvalue weighted by molar-refractivity contribution is -0.154. The first kappa shape index (κ1) is 17.8. The molecule has 0 saturated carbocycles. The maximum absolute atomic E-state index is 12.6. The summed E-state index contributed by atoms with van der Waals surface area (Å²) in [5.74, 6) is 0.502. The summed E-state index contributed by atoms with van der Waals surface area (Å²) in [6.45, 7) is 6.30. The fourth-order valence-electron chi connectivity index (χ4n) is 2.48. The SMILES string of the molecule is Cn1cc(N2CCCC(SCCC(=O)OC(C)(C)C)C2=O)cn1. The van der Waals surface area contributed by atoms with Crippen LogP contribution in [0.4, 0.5) is 5.69 Å². The molecule has 0 radical (unpaired) electrons. The van der Waals surface area contributed by atoms with Gasteiger partial charge in [0.1, 0.15) is 5.60 Å². The van der Waals surface area contributed by atoms with Gasteiger partial charge in [0.2, 0.25) is 5.91 Å². The smallest absolute Gasteiger partial charge is 0.307 e. The van der Waals surface area contributed by atoms with Crippen LogP contribution in [0, 0.1) is 0 Å². The van der Waals surface area contributed by atoms with Crippen LogP contribution in [-0.4, -0.2) is 44.8 Å². The number of amides is 1. The number of thioether (sulfide) groups is 1. The molecule has 0 aliphatic carbocycles. The zero-order valence-electron chi connectivity index (χ0n) is 14.2. The van der Waals surface area contributed by atoms with Gasteiger partial charge in [-0.05, 0) is 33.6 Å². The second-order valence-electron chi connectivity index (χ2n) is 6.70. The number of nitrogens with zero attached hydrogens (tertiary/aromatic N) is 3. The molecule has 1 aliphatic rings. The average Bonchev–Trinajstić information content (AvgIpc) is 2.85. The zero-order chi connectivity index (χ0) is 17.0. The molecule has 1 unspecified atom stereocenters. The largest absolute Gasteiger partial charge is 0.460 e. The van der Waals surface area contributed by atoms with Crippen molar-refractivity contribution in [3.05, 3.63) is 12.4 Å². The Labute approximate surface area is 141 Å². The fraction of sp³-hybridized carbons (Fsp3) is 0.688. The van der Waals surface area contributed by atoms with Crippen molar-refractivity contribution >= 4 is 29.3 Å². The van der Waals surface area contributed by atoms with E-state index in [1.807, 2.05) is 34.0 Å². The van der Waals surface area contributed by atoms with E-state index < -0.39 is 5.60 Å². The van der Waals surface area contributed by atoms with E-state index in [-0.39, 0.29) is 17.1 Å². The molecule has 1 aliphatic heterocycles. The van der Waals surface area contributed by atoms with Gasteiger partial charge in [0.05, 0.1) is 23.6 Å². The summed E-state index contributed by atoms with van der Waals surface area (Å²) in [6.07, 6.45) is 5.72. The lowest BCUT2D eigenvalue weighted by Crippen LogP contribution is -2.43. The molecule has 128 valence electrons. The number of piperidine rings is 1. The quantitative estimate of drug-likeness (QED) is 0.771. The predicted molar refractivity (Wildman–Crippen MR) is 91.5 cm³/mol. The van der Waals surface area contributed by atoms with E-state index >= 15 is 0 Å². The molecule has 0 aromatic carbocycles. The number of hydrogen-bond donors (Lipinski definition) is 0. The third kappa shape index (κ3) is 5.27. The van der Waals surface area contributed by atoms with Crippen molar-refractivity contribution in [1.82, 2.24) is 9.78 Å². The van der Waals surface area contributed by atoms with E-state index in [2.05, 4.69) is 5.10 Å². The highest BCUT2D eigenvalue weighted by atomic mass is 32.2. The molecule has 2 rings (SSSR count). The normalized spacial score (nSPS) is 19.0. The lowest BCUT2D eigenvalue weighted by atomic mass is 10.1. The molecule has 6 nitrogen and oxygen atoms in total. The Morgan fingerprint density at radius 3 is 2.83 bits per heavy atom. The minimum atomic E-state index is -0.459. The van der Waals surface area contributed by atoms with Crippen molar-refractivity contribution in [3.8, 4) is 0 Å². The van der Waals surface area contributed by atoms with Crippen molar-refractivity contribution in [2.45, 2.75) is 50.9 Å². The fourth-order valence-corrected chi connectivity index (χ4v) is 3.65. The molecule has 1 amide bonds.